The van der Waals surface area contributed by atoms with Crippen LogP contribution in [-0.4, -0.2) is 49.3 Å². The molecular weight excluding hydrogens is 288 g/mol. The number of sulfonamides is 1. The maximum atomic E-state index is 12.0. The summed E-state index contributed by atoms with van der Waals surface area (Å²) in [5.41, 5.74) is 0. The molecule has 0 saturated heterocycles. The van der Waals surface area contributed by atoms with Crippen molar-refractivity contribution in [2.24, 2.45) is 0 Å². The van der Waals surface area contributed by atoms with Crippen LogP contribution in [0.25, 0.3) is 0 Å². The van der Waals surface area contributed by atoms with Gasteiger partial charge in [-0.25, -0.2) is 13.2 Å². The number of nitrogens with one attached hydrogen (secondary N) is 1. The number of likely N-dealkylation sites (N-methyl/N-ethyl adjacent to an activating group) is 1. The summed E-state index contributed by atoms with van der Waals surface area (Å²) < 4.78 is 29.6. The standard InChI is InChI=1S/C11H16N2O6S/c1-7(2)12-9(14)6-13(3)20(17,18)10-5-4-8(19-10)11(15)16/h4-5,7H,6H2,1-3H3,(H,12,14)(H,15,16). The Kier molecular flexibility index (Phi) is 4.90. The Bertz CT molecular complexity index is 604. The molecule has 1 heterocycles. The Morgan fingerprint density at radius 3 is 2.45 bits per heavy atom. The van der Waals surface area contributed by atoms with Crippen molar-refractivity contribution >= 4 is 21.9 Å². The van der Waals surface area contributed by atoms with Crippen LogP contribution in [0.2, 0.25) is 0 Å². The number of carbonyl (C=O) groups is 2. The van der Waals surface area contributed by atoms with Gasteiger partial charge in [-0.1, -0.05) is 0 Å². The fourth-order valence-corrected chi connectivity index (χ4v) is 2.41. The van der Waals surface area contributed by atoms with E-state index >= 15 is 0 Å². The number of carboxylic acid groups (broad SMARTS) is 1. The van der Waals surface area contributed by atoms with Gasteiger partial charge in [-0.05, 0) is 26.0 Å². The van der Waals surface area contributed by atoms with E-state index in [1.165, 1.54) is 7.05 Å². The minimum Gasteiger partial charge on any atom is -0.475 e. The molecule has 0 aliphatic rings. The van der Waals surface area contributed by atoms with Crippen LogP contribution in [0.5, 0.6) is 0 Å². The van der Waals surface area contributed by atoms with E-state index in [0.717, 1.165) is 16.4 Å². The van der Waals surface area contributed by atoms with E-state index in [-0.39, 0.29) is 12.6 Å². The van der Waals surface area contributed by atoms with Gasteiger partial charge in [0.25, 0.3) is 10.0 Å². The van der Waals surface area contributed by atoms with Crippen molar-refractivity contribution in [1.29, 1.82) is 0 Å². The van der Waals surface area contributed by atoms with Gasteiger partial charge in [0.05, 0.1) is 6.54 Å². The molecule has 0 bridgehead atoms. The molecule has 9 heteroatoms. The second-order valence-corrected chi connectivity index (χ2v) is 6.38. The number of hydrogen-bond donors (Lipinski definition) is 2. The largest absolute Gasteiger partial charge is 0.475 e. The molecule has 0 unspecified atom stereocenters. The van der Waals surface area contributed by atoms with Crippen LogP contribution in [-0.2, 0) is 14.8 Å². The summed E-state index contributed by atoms with van der Waals surface area (Å²) in [5.74, 6) is -2.31. The van der Waals surface area contributed by atoms with E-state index in [1.54, 1.807) is 13.8 Å². The lowest BCUT2D eigenvalue weighted by Gasteiger charge is -2.16. The second-order valence-electron chi connectivity index (χ2n) is 4.41. The zero-order chi connectivity index (χ0) is 15.5. The topological polar surface area (TPSA) is 117 Å². The van der Waals surface area contributed by atoms with Crippen molar-refractivity contribution in [2.45, 2.75) is 25.0 Å². The van der Waals surface area contributed by atoms with Gasteiger partial charge in [0, 0.05) is 13.1 Å². The number of aromatic carboxylic acids is 1. The lowest BCUT2D eigenvalue weighted by Crippen LogP contribution is -2.40. The van der Waals surface area contributed by atoms with Crippen LogP contribution in [0.3, 0.4) is 0 Å². The summed E-state index contributed by atoms with van der Waals surface area (Å²) in [6, 6.07) is 1.97. The van der Waals surface area contributed by atoms with Crippen molar-refractivity contribution in [1.82, 2.24) is 9.62 Å². The molecule has 1 aromatic heterocycles. The smallest absolute Gasteiger partial charge is 0.371 e. The minimum absolute atomic E-state index is 0.110. The quantitative estimate of drug-likeness (QED) is 0.771. The average Bonchev–Trinajstić information content (AvgIpc) is 2.77. The van der Waals surface area contributed by atoms with Crippen molar-refractivity contribution < 1.29 is 27.5 Å². The van der Waals surface area contributed by atoms with Crippen LogP contribution in [0.4, 0.5) is 0 Å². The summed E-state index contributed by atoms with van der Waals surface area (Å²) in [6.07, 6.45) is 0. The molecule has 0 fully saturated rings. The number of carboxylic acids is 1. The number of hydrogen-bond acceptors (Lipinski definition) is 5. The average molecular weight is 304 g/mol. The predicted octanol–water partition coefficient (Wildman–Crippen LogP) is 0.123. The first-order chi connectivity index (χ1) is 9.14. The summed E-state index contributed by atoms with van der Waals surface area (Å²) in [4.78, 5) is 22.2. The first-order valence-corrected chi connectivity index (χ1v) is 7.17. The molecule has 8 nitrogen and oxygen atoms in total. The van der Waals surface area contributed by atoms with Crippen LogP contribution in [0.15, 0.2) is 21.6 Å². The number of nitrogens with zero attached hydrogens (tertiary/aromatic N) is 1. The molecule has 2 N–H and O–H groups in total. The van der Waals surface area contributed by atoms with Crippen molar-refractivity contribution in [3.05, 3.63) is 17.9 Å². The third kappa shape index (κ3) is 3.81. The van der Waals surface area contributed by atoms with E-state index in [1.807, 2.05) is 0 Å². The Labute approximate surface area is 116 Å². The van der Waals surface area contributed by atoms with E-state index in [0.29, 0.717) is 0 Å². The number of carbonyl (C=O) groups excluding carboxylic acids is 1. The van der Waals surface area contributed by atoms with Crippen molar-refractivity contribution in [2.75, 3.05) is 13.6 Å². The predicted molar refractivity (Wildman–Crippen MR) is 68.8 cm³/mol. The number of furan rings is 1. The summed E-state index contributed by atoms with van der Waals surface area (Å²) in [5, 5.41) is 10.7. The molecule has 0 aromatic carbocycles. The van der Waals surface area contributed by atoms with Gasteiger partial charge in [-0.2, -0.15) is 4.31 Å². The monoisotopic (exact) mass is 304 g/mol. The Morgan fingerprint density at radius 2 is 2.00 bits per heavy atom. The van der Waals surface area contributed by atoms with Gasteiger partial charge in [-0.3, -0.25) is 4.79 Å². The molecule has 1 amide bonds. The molecule has 0 saturated carbocycles. The zero-order valence-corrected chi connectivity index (χ0v) is 12.1. The first-order valence-electron chi connectivity index (χ1n) is 5.73. The SMILES string of the molecule is CC(C)NC(=O)CN(C)S(=O)(=O)c1ccc(C(=O)O)o1. The highest BCUT2D eigenvalue weighted by molar-refractivity contribution is 7.89. The molecular formula is C11H16N2O6S. The van der Waals surface area contributed by atoms with E-state index in [2.05, 4.69) is 5.32 Å². The maximum Gasteiger partial charge on any atom is 0.371 e. The highest BCUT2D eigenvalue weighted by atomic mass is 32.2. The third-order valence-electron chi connectivity index (χ3n) is 2.27. The highest BCUT2D eigenvalue weighted by Crippen LogP contribution is 2.17. The Hall–Kier alpha value is -1.87. The molecule has 1 aromatic rings. The number of rotatable bonds is 6. The normalized spacial score (nSPS) is 11.8. The molecule has 0 aliphatic heterocycles. The van der Waals surface area contributed by atoms with Crippen LogP contribution >= 0.6 is 0 Å². The molecule has 0 aliphatic carbocycles. The van der Waals surface area contributed by atoms with E-state index < -0.39 is 32.8 Å². The zero-order valence-electron chi connectivity index (χ0n) is 11.3. The van der Waals surface area contributed by atoms with Crippen LogP contribution in [0, 0.1) is 0 Å². The molecule has 1 rings (SSSR count). The first kappa shape index (κ1) is 16.2. The van der Waals surface area contributed by atoms with Crippen molar-refractivity contribution in [3.8, 4) is 0 Å². The van der Waals surface area contributed by atoms with Crippen LogP contribution in [0.1, 0.15) is 24.4 Å². The second kappa shape index (κ2) is 6.06. The summed E-state index contributed by atoms with van der Waals surface area (Å²) in [7, 11) is -2.83. The molecule has 0 atom stereocenters. The lowest BCUT2D eigenvalue weighted by atomic mass is 10.4. The van der Waals surface area contributed by atoms with Gasteiger partial charge < -0.3 is 14.8 Å². The lowest BCUT2D eigenvalue weighted by molar-refractivity contribution is -0.121. The summed E-state index contributed by atoms with van der Waals surface area (Å²) >= 11 is 0. The fourth-order valence-electron chi connectivity index (χ4n) is 1.38. The van der Waals surface area contributed by atoms with Crippen LogP contribution < -0.4 is 5.32 Å². The number of amides is 1. The fraction of sp³-hybridized carbons (Fsp3) is 0.455. The van der Waals surface area contributed by atoms with Gasteiger partial charge >= 0.3 is 5.97 Å². The minimum atomic E-state index is -4.04. The van der Waals surface area contributed by atoms with Gasteiger partial charge in [0.1, 0.15) is 0 Å². The van der Waals surface area contributed by atoms with Gasteiger partial charge in [0.15, 0.2) is 0 Å². The molecule has 0 radical (unpaired) electrons. The van der Waals surface area contributed by atoms with Gasteiger partial charge in [-0.15, -0.1) is 0 Å². The molecule has 20 heavy (non-hydrogen) atoms. The Balaban J connectivity index is 2.86. The highest BCUT2D eigenvalue weighted by Gasteiger charge is 2.27. The van der Waals surface area contributed by atoms with Crippen molar-refractivity contribution in [3.63, 3.8) is 0 Å². The van der Waals surface area contributed by atoms with Gasteiger partial charge in [0.2, 0.25) is 16.8 Å². The summed E-state index contributed by atoms with van der Waals surface area (Å²) in [6.45, 7) is 3.11. The molecule has 0 spiro atoms. The van der Waals surface area contributed by atoms with E-state index in [9.17, 15) is 18.0 Å². The van der Waals surface area contributed by atoms with E-state index in [4.69, 9.17) is 9.52 Å². The molecule has 112 valence electrons. The maximum absolute atomic E-state index is 12.0. The Morgan fingerprint density at radius 1 is 1.40 bits per heavy atom. The third-order valence-corrected chi connectivity index (χ3v) is 3.95.